The van der Waals surface area contributed by atoms with Crippen LogP contribution in [-0.4, -0.2) is 48.6 Å². The van der Waals surface area contributed by atoms with E-state index in [0.29, 0.717) is 5.75 Å². The third-order valence-corrected chi connectivity index (χ3v) is 6.83. The fourth-order valence-corrected chi connectivity index (χ4v) is 4.49. The minimum absolute atomic E-state index is 0.0121. The Balaban J connectivity index is 1.47. The number of nitrogens with one attached hydrogen (secondary N) is 1. The van der Waals surface area contributed by atoms with E-state index < -0.39 is 0 Å². The standard InChI is InChI=1S/C27H37N3O2S/c1-26(2,3)20-7-13-23(14-8-20)33-19-24(31)28-21-9-11-22(12-10-21)29-15-17-30(18-16-29)25(32)27(4,5)6/h7-14H,15-19H2,1-6H3,(H,28,31). The Bertz CT molecular complexity index is 949. The van der Waals surface area contributed by atoms with Crippen LogP contribution < -0.4 is 10.2 Å². The number of hydrogen-bond acceptors (Lipinski definition) is 4. The smallest absolute Gasteiger partial charge is 0.234 e. The van der Waals surface area contributed by atoms with E-state index in [-0.39, 0.29) is 22.6 Å². The van der Waals surface area contributed by atoms with E-state index in [4.69, 9.17) is 0 Å². The van der Waals surface area contributed by atoms with Crippen molar-refractivity contribution in [3.8, 4) is 0 Å². The predicted octanol–water partition coefficient (Wildman–Crippen LogP) is 5.41. The van der Waals surface area contributed by atoms with Gasteiger partial charge in [-0.1, -0.05) is 53.7 Å². The second-order valence-electron chi connectivity index (χ2n) is 10.7. The minimum atomic E-state index is -0.337. The zero-order valence-corrected chi connectivity index (χ0v) is 21.6. The number of benzene rings is 2. The number of anilines is 2. The predicted molar refractivity (Wildman–Crippen MR) is 139 cm³/mol. The van der Waals surface area contributed by atoms with Gasteiger partial charge in [-0.15, -0.1) is 11.8 Å². The number of piperazine rings is 1. The van der Waals surface area contributed by atoms with E-state index in [9.17, 15) is 9.59 Å². The molecule has 1 N–H and O–H groups in total. The Kier molecular flexibility index (Phi) is 7.78. The maximum absolute atomic E-state index is 12.5. The zero-order chi connectivity index (χ0) is 24.2. The number of carbonyl (C=O) groups is 2. The normalized spacial score (nSPS) is 14.8. The lowest BCUT2D eigenvalue weighted by atomic mass is 9.87. The second-order valence-corrected chi connectivity index (χ2v) is 11.7. The Hall–Kier alpha value is -2.47. The molecule has 5 nitrogen and oxygen atoms in total. The van der Waals surface area contributed by atoms with Gasteiger partial charge in [-0.3, -0.25) is 9.59 Å². The Morgan fingerprint density at radius 3 is 1.94 bits per heavy atom. The first-order valence-electron chi connectivity index (χ1n) is 11.6. The topological polar surface area (TPSA) is 52.7 Å². The van der Waals surface area contributed by atoms with Crippen LogP contribution in [0.1, 0.15) is 47.1 Å². The molecule has 1 aliphatic rings. The summed E-state index contributed by atoms with van der Waals surface area (Å²) < 4.78 is 0. The summed E-state index contributed by atoms with van der Waals surface area (Å²) in [5, 5.41) is 2.99. The van der Waals surface area contributed by atoms with Crippen LogP contribution in [0, 0.1) is 5.41 Å². The fourth-order valence-electron chi connectivity index (χ4n) is 3.79. The van der Waals surface area contributed by atoms with Gasteiger partial charge in [-0.25, -0.2) is 0 Å². The molecule has 2 amide bonds. The van der Waals surface area contributed by atoms with Crippen molar-refractivity contribution in [1.82, 2.24) is 4.90 Å². The second kappa shape index (κ2) is 10.2. The van der Waals surface area contributed by atoms with Crippen molar-refractivity contribution in [2.24, 2.45) is 5.41 Å². The van der Waals surface area contributed by atoms with Crippen molar-refractivity contribution < 1.29 is 9.59 Å². The Morgan fingerprint density at radius 1 is 0.848 bits per heavy atom. The lowest BCUT2D eigenvalue weighted by Gasteiger charge is -2.38. The van der Waals surface area contributed by atoms with Gasteiger partial charge in [0.25, 0.3) is 0 Å². The molecule has 0 spiro atoms. The van der Waals surface area contributed by atoms with Crippen molar-refractivity contribution >= 4 is 35.0 Å². The number of thioether (sulfide) groups is 1. The SMILES string of the molecule is CC(C)(C)C(=O)N1CCN(c2ccc(NC(=O)CSc3ccc(C(C)(C)C)cc3)cc2)CC1. The summed E-state index contributed by atoms with van der Waals surface area (Å²) in [4.78, 5) is 30.2. The minimum Gasteiger partial charge on any atom is -0.368 e. The average Bonchev–Trinajstić information content (AvgIpc) is 2.77. The molecule has 0 saturated carbocycles. The summed E-state index contributed by atoms with van der Waals surface area (Å²) in [6.45, 7) is 15.6. The molecule has 33 heavy (non-hydrogen) atoms. The lowest BCUT2D eigenvalue weighted by molar-refractivity contribution is -0.139. The molecule has 0 bridgehead atoms. The highest BCUT2D eigenvalue weighted by molar-refractivity contribution is 8.00. The lowest BCUT2D eigenvalue weighted by Crippen LogP contribution is -2.51. The third-order valence-electron chi connectivity index (χ3n) is 5.81. The highest BCUT2D eigenvalue weighted by Gasteiger charge is 2.29. The molecular formula is C27H37N3O2S. The van der Waals surface area contributed by atoms with E-state index >= 15 is 0 Å². The van der Waals surface area contributed by atoms with Gasteiger partial charge in [0.05, 0.1) is 5.75 Å². The first-order valence-corrected chi connectivity index (χ1v) is 12.6. The van der Waals surface area contributed by atoms with Gasteiger partial charge in [0.15, 0.2) is 0 Å². The highest BCUT2D eigenvalue weighted by atomic mass is 32.2. The van der Waals surface area contributed by atoms with Crippen LogP contribution in [0.3, 0.4) is 0 Å². The van der Waals surface area contributed by atoms with Crippen LogP contribution in [0.15, 0.2) is 53.4 Å². The molecule has 2 aromatic carbocycles. The molecule has 2 aromatic rings. The van der Waals surface area contributed by atoms with Crippen LogP contribution in [0.4, 0.5) is 11.4 Å². The van der Waals surface area contributed by atoms with E-state index in [2.05, 4.69) is 55.3 Å². The molecule has 0 unspecified atom stereocenters. The van der Waals surface area contributed by atoms with Crippen molar-refractivity contribution in [2.75, 3.05) is 42.1 Å². The van der Waals surface area contributed by atoms with E-state index in [1.54, 1.807) is 11.8 Å². The zero-order valence-electron chi connectivity index (χ0n) is 20.8. The maximum atomic E-state index is 12.5. The van der Waals surface area contributed by atoms with Crippen LogP contribution in [0.2, 0.25) is 0 Å². The number of amides is 2. The number of nitrogens with zero attached hydrogens (tertiary/aromatic N) is 2. The molecule has 3 rings (SSSR count). The molecule has 1 heterocycles. The van der Waals surface area contributed by atoms with Crippen molar-refractivity contribution in [1.29, 1.82) is 0 Å². The molecule has 1 aliphatic heterocycles. The molecule has 178 valence electrons. The summed E-state index contributed by atoms with van der Waals surface area (Å²) in [7, 11) is 0. The van der Waals surface area contributed by atoms with E-state index in [0.717, 1.165) is 42.4 Å². The van der Waals surface area contributed by atoms with Crippen LogP contribution in [-0.2, 0) is 15.0 Å². The summed E-state index contributed by atoms with van der Waals surface area (Å²) in [5.41, 5.74) is 3.00. The van der Waals surface area contributed by atoms with Crippen LogP contribution >= 0.6 is 11.8 Å². The average molecular weight is 468 g/mol. The molecule has 0 atom stereocenters. The van der Waals surface area contributed by atoms with Gasteiger partial charge in [0.1, 0.15) is 0 Å². The van der Waals surface area contributed by atoms with Gasteiger partial charge in [-0.2, -0.15) is 0 Å². The van der Waals surface area contributed by atoms with Gasteiger partial charge in [0, 0.05) is 47.9 Å². The van der Waals surface area contributed by atoms with Gasteiger partial charge < -0.3 is 15.1 Å². The highest BCUT2D eigenvalue weighted by Crippen LogP contribution is 2.26. The van der Waals surface area contributed by atoms with Gasteiger partial charge >= 0.3 is 0 Å². The van der Waals surface area contributed by atoms with Gasteiger partial charge in [0.2, 0.25) is 11.8 Å². The molecule has 1 saturated heterocycles. The molecule has 0 radical (unpaired) electrons. The van der Waals surface area contributed by atoms with E-state index in [1.807, 2.05) is 49.9 Å². The third kappa shape index (κ3) is 7.00. The number of rotatable bonds is 5. The van der Waals surface area contributed by atoms with Crippen LogP contribution in [0.25, 0.3) is 0 Å². The molecular weight excluding hydrogens is 430 g/mol. The number of carbonyl (C=O) groups excluding carboxylic acids is 2. The van der Waals surface area contributed by atoms with Crippen molar-refractivity contribution in [3.05, 3.63) is 54.1 Å². The summed E-state index contributed by atoms with van der Waals surface area (Å²) in [6.07, 6.45) is 0. The molecule has 0 aromatic heterocycles. The Labute approximate surface area is 202 Å². The maximum Gasteiger partial charge on any atom is 0.234 e. The summed E-state index contributed by atoms with van der Waals surface area (Å²) >= 11 is 1.54. The van der Waals surface area contributed by atoms with E-state index in [1.165, 1.54) is 5.56 Å². The molecule has 0 aliphatic carbocycles. The summed E-state index contributed by atoms with van der Waals surface area (Å²) in [6, 6.07) is 16.4. The summed E-state index contributed by atoms with van der Waals surface area (Å²) in [5.74, 6) is 0.575. The fraction of sp³-hybridized carbons (Fsp3) is 0.481. The monoisotopic (exact) mass is 467 g/mol. The molecule has 6 heteroatoms. The van der Waals surface area contributed by atoms with Crippen LogP contribution in [0.5, 0.6) is 0 Å². The molecule has 1 fully saturated rings. The largest absolute Gasteiger partial charge is 0.368 e. The quantitative estimate of drug-likeness (QED) is 0.598. The van der Waals surface area contributed by atoms with Crippen molar-refractivity contribution in [2.45, 2.75) is 51.9 Å². The first kappa shape index (κ1) is 25.2. The van der Waals surface area contributed by atoms with Gasteiger partial charge in [-0.05, 0) is 47.4 Å². The number of hydrogen-bond donors (Lipinski definition) is 1. The Morgan fingerprint density at radius 2 is 1.42 bits per heavy atom. The first-order chi connectivity index (χ1) is 15.4. The van der Waals surface area contributed by atoms with Crippen molar-refractivity contribution in [3.63, 3.8) is 0 Å².